The van der Waals surface area contributed by atoms with E-state index in [1.54, 1.807) is 6.07 Å². The average molecular weight is 387 g/mol. The number of aryl methyl sites for hydroxylation is 1. The van der Waals surface area contributed by atoms with Gasteiger partial charge in [-0.1, -0.05) is 67.1 Å². The third kappa shape index (κ3) is 5.95. The molecule has 3 aromatic rings. The Labute approximate surface area is 173 Å². The molecule has 0 saturated heterocycles. The third-order valence-electron chi connectivity index (χ3n) is 5.23. The Bertz CT molecular complexity index is 976. The van der Waals surface area contributed by atoms with Gasteiger partial charge in [-0.3, -0.25) is 0 Å². The Hall–Kier alpha value is -3.07. The number of para-hydroxylation sites is 1. The van der Waals surface area contributed by atoms with Crippen LogP contribution in [0.15, 0.2) is 73.3 Å². The smallest absolute Gasteiger partial charge is 0.141 e. The van der Waals surface area contributed by atoms with E-state index in [-0.39, 0.29) is 5.75 Å². The number of pyridine rings is 1. The molecule has 0 radical (unpaired) electrons. The normalized spacial score (nSPS) is 13.4. The number of aromatic nitrogens is 1. The molecule has 1 aromatic heterocycles. The monoisotopic (exact) mass is 386 g/mol. The van der Waals surface area contributed by atoms with Gasteiger partial charge >= 0.3 is 0 Å². The van der Waals surface area contributed by atoms with E-state index < -0.39 is 0 Å². The van der Waals surface area contributed by atoms with Gasteiger partial charge < -0.3 is 10.4 Å². The molecule has 2 atom stereocenters. The van der Waals surface area contributed by atoms with E-state index in [1.807, 2.05) is 30.3 Å². The Kier molecular flexibility index (Phi) is 7.07. The van der Waals surface area contributed by atoms with Gasteiger partial charge in [0.2, 0.25) is 0 Å². The largest absolute Gasteiger partial charge is 0.506 e. The summed E-state index contributed by atoms with van der Waals surface area (Å²) in [7, 11) is 0. The summed E-state index contributed by atoms with van der Waals surface area (Å²) >= 11 is 0. The minimum Gasteiger partial charge on any atom is -0.506 e. The summed E-state index contributed by atoms with van der Waals surface area (Å²) in [5.41, 5.74) is 3.14. The van der Waals surface area contributed by atoms with Gasteiger partial charge in [0.25, 0.3) is 0 Å². The number of nitrogens with one attached hydrogen (secondary N) is 1. The molecule has 0 spiro atoms. The minimum atomic E-state index is 0.216. The zero-order chi connectivity index (χ0) is 20.6. The lowest BCUT2D eigenvalue weighted by Gasteiger charge is -2.16. The SMILES string of the molecule is C=CC(/C=C\c1ccc(C)cc1)CC(C)CCNc1ccc2cccc(O)c2n1. The highest BCUT2D eigenvalue weighted by molar-refractivity contribution is 5.85. The third-order valence-corrected chi connectivity index (χ3v) is 5.23. The maximum absolute atomic E-state index is 9.98. The van der Waals surface area contributed by atoms with E-state index in [4.69, 9.17) is 0 Å². The van der Waals surface area contributed by atoms with Gasteiger partial charge in [-0.05, 0) is 55.4 Å². The van der Waals surface area contributed by atoms with Crippen LogP contribution in [0.4, 0.5) is 5.82 Å². The lowest BCUT2D eigenvalue weighted by molar-refractivity contribution is 0.469. The fraction of sp³-hybridized carbons (Fsp3) is 0.269. The fourth-order valence-electron chi connectivity index (χ4n) is 3.42. The van der Waals surface area contributed by atoms with Gasteiger partial charge in [0.1, 0.15) is 17.1 Å². The van der Waals surface area contributed by atoms with Crippen molar-refractivity contribution in [3.63, 3.8) is 0 Å². The zero-order valence-corrected chi connectivity index (χ0v) is 17.3. The molecule has 3 rings (SSSR count). The first-order valence-corrected chi connectivity index (χ1v) is 10.2. The Morgan fingerprint density at radius 2 is 1.90 bits per heavy atom. The number of rotatable bonds is 9. The second kappa shape index (κ2) is 9.92. The van der Waals surface area contributed by atoms with Gasteiger partial charge in [-0.25, -0.2) is 4.98 Å². The first-order chi connectivity index (χ1) is 14.0. The van der Waals surface area contributed by atoms with Crippen LogP contribution in [0, 0.1) is 18.8 Å². The number of hydrogen-bond acceptors (Lipinski definition) is 3. The number of fused-ring (bicyclic) bond motifs is 1. The summed E-state index contributed by atoms with van der Waals surface area (Å²) in [6, 6.07) is 18.0. The van der Waals surface area contributed by atoms with Gasteiger partial charge in [0, 0.05) is 11.9 Å². The van der Waals surface area contributed by atoms with E-state index in [0.717, 1.165) is 30.6 Å². The summed E-state index contributed by atoms with van der Waals surface area (Å²) in [4.78, 5) is 4.53. The molecule has 0 saturated carbocycles. The number of phenolic OH excluding ortho intramolecular Hbond substituents is 1. The number of aromatic hydroxyl groups is 1. The summed E-state index contributed by atoms with van der Waals surface area (Å²) in [6.45, 7) is 9.23. The molecule has 3 heteroatoms. The molecule has 1 heterocycles. The second-order valence-corrected chi connectivity index (χ2v) is 7.77. The molecular formula is C26H30N2O. The Morgan fingerprint density at radius 1 is 1.10 bits per heavy atom. The van der Waals surface area contributed by atoms with Crippen molar-refractivity contribution in [3.05, 3.63) is 84.5 Å². The van der Waals surface area contributed by atoms with Crippen LogP contribution in [0.2, 0.25) is 0 Å². The van der Waals surface area contributed by atoms with Crippen LogP contribution in [0.25, 0.3) is 17.0 Å². The summed E-state index contributed by atoms with van der Waals surface area (Å²) in [6.07, 6.45) is 8.57. The number of allylic oxidation sites excluding steroid dienone is 2. The van der Waals surface area contributed by atoms with Crippen molar-refractivity contribution in [2.75, 3.05) is 11.9 Å². The molecule has 2 N–H and O–H groups in total. The van der Waals surface area contributed by atoms with Gasteiger partial charge in [0.15, 0.2) is 0 Å². The van der Waals surface area contributed by atoms with Crippen molar-refractivity contribution in [2.24, 2.45) is 11.8 Å². The van der Waals surface area contributed by atoms with Gasteiger partial charge in [0.05, 0.1) is 0 Å². The summed E-state index contributed by atoms with van der Waals surface area (Å²) < 4.78 is 0. The predicted molar refractivity (Wildman–Crippen MR) is 124 cm³/mol. The van der Waals surface area contributed by atoms with Crippen LogP contribution in [0.3, 0.4) is 0 Å². The van der Waals surface area contributed by atoms with Crippen LogP contribution in [0.1, 0.15) is 30.9 Å². The maximum atomic E-state index is 9.98. The van der Waals surface area contributed by atoms with Crippen LogP contribution in [-0.4, -0.2) is 16.6 Å². The molecular weight excluding hydrogens is 356 g/mol. The van der Waals surface area contributed by atoms with E-state index in [1.165, 1.54) is 11.1 Å². The van der Waals surface area contributed by atoms with Crippen LogP contribution in [-0.2, 0) is 0 Å². The first kappa shape index (κ1) is 20.7. The van der Waals surface area contributed by atoms with E-state index in [9.17, 15) is 5.11 Å². The number of anilines is 1. The molecule has 2 unspecified atom stereocenters. The van der Waals surface area contributed by atoms with E-state index in [0.29, 0.717) is 17.4 Å². The molecule has 0 aliphatic rings. The van der Waals surface area contributed by atoms with Gasteiger partial charge in [-0.2, -0.15) is 0 Å². The number of phenols is 1. The first-order valence-electron chi connectivity index (χ1n) is 10.2. The van der Waals surface area contributed by atoms with Crippen molar-refractivity contribution in [3.8, 4) is 5.75 Å². The van der Waals surface area contributed by atoms with Crippen molar-refractivity contribution >= 4 is 22.8 Å². The van der Waals surface area contributed by atoms with Crippen molar-refractivity contribution in [1.29, 1.82) is 0 Å². The molecule has 0 fully saturated rings. The number of hydrogen-bond donors (Lipinski definition) is 2. The van der Waals surface area contributed by atoms with Crippen LogP contribution >= 0.6 is 0 Å². The quantitative estimate of drug-likeness (QED) is 0.408. The molecule has 0 bridgehead atoms. The Balaban J connectivity index is 1.49. The number of benzene rings is 2. The highest BCUT2D eigenvalue weighted by Crippen LogP contribution is 2.24. The van der Waals surface area contributed by atoms with Crippen molar-refractivity contribution < 1.29 is 5.11 Å². The fourth-order valence-corrected chi connectivity index (χ4v) is 3.42. The van der Waals surface area contributed by atoms with Crippen molar-refractivity contribution in [2.45, 2.75) is 26.7 Å². The molecule has 0 aliphatic carbocycles. The number of nitrogens with zero attached hydrogens (tertiary/aromatic N) is 1. The van der Waals surface area contributed by atoms with Crippen LogP contribution in [0.5, 0.6) is 5.75 Å². The predicted octanol–water partition coefficient (Wildman–Crippen LogP) is 6.59. The van der Waals surface area contributed by atoms with Crippen molar-refractivity contribution in [1.82, 2.24) is 4.98 Å². The topological polar surface area (TPSA) is 45.1 Å². The second-order valence-electron chi connectivity index (χ2n) is 7.77. The highest BCUT2D eigenvalue weighted by Gasteiger charge is 2.08. The average Bonchev–Trinajstić information content (AvgIpc) is 2.73. The Morgan fingerprint density at radius 3 is 2.66 bits per heavy atom. The molecule has 0 amide bonds. The molecule has 29 heavy (non-hydrogen) atoms. The van der Waals surface area contributed by atoms with E-state index >= 15 is 0 Å². The lowest BCUT2D eigenvalue weighted by Crippen LogP contribution is -2.10. The van der Waals surface area contributed by atoms with E-state index in [2.05, 4.69) is 67.1 Å². The molecule has 3 nitrogen and oxygen atoms in total. The standard InChI is InChI=1S/C26H30N2O/c1-4-21(12-13-22-10-8-19(2)9-11-22)18-20(3)16-17-27-25-15-14-23-6-5-7-24(29)26(23)28-25/h4-15,20-21,29H,1,16-18H2,2-3H3,(H,27,28)/b13-12-. The molecule has 150 valence electrons. The lowest BCUT2D eigenvalue weighted by atomic mass is 9.92. The van der Waals surface area contributed by atoms with Gasteiger partial charge in [-0.15, -0.1) is 6.58 Å². The highest BCUT2D eigenvalue weighted by atomic mass is 16.3. The molecule has 2 aromatic carbocycles. The molecule has 0 aliphatic heterocycles. The minimum absolute atomic E-state index is 0.216. The summed E-state index contributed by atoms with van der Waals surface area (Å²) in [5, 5.41) is 14.3. The zero-order valence-electron chi connectivity index (χ0n) is 17.3. The van der Waals surface area contributed by atoms with Crippen LogP contribution < -0.4 is 5.32 Å². The maximum Gasteiger partial charge on any atom is 0.141 e. The summed E-state index contributed by atoms with van der Waals surface area (Å²) in [5.74, 6) is 1.93.